The van der Waals surface area contributed by atoms with Gasteiger partial charge in [0.1, 0.15) is 17.1 Å². The van der Waals surface area contributed by atoms with E-state index in [0.717, 1.165) is 5.56 Å². The Kier molecular flexibility index (Phi) is 10.9. The number of allylic oxidation sites excluding steroid dienone is 4. The van der Waals surface area contributed by atoms with Gasteiger partial charge in [0, 0.05) is 4.91 Å². The Morgan fingerprint density at radius 2 is 1.45 bits per heavy atom. The molecule has 0 unspecified atom stereocenters. The lowest BCUT2D eigenvalue weighted by Crippen LogP contribution is -2.11. The van der Waals surface area contributed by atoms with Crippen molar-refractivity contribution in [1.82, 2.24) is 0 Å². The van der Waals surface area contributed by atoms with Crippen molar-refractivity contribution in [3.63, 3.8) is 0 Å². The van der Waals surface area contributed by atoms with E-state index < -0.39 is 22.9 Å². The van der Waals surface area contributed by atoms with Crippen LogP contribution in [0.25, 0.3) is 28.7 Å². The molecule has 0 atom stereocenters. The lowest BCUT2D eigenvalue weighted by molar-refractivity contribution is -0.117. The van der Waals surface area contributed by atoms with Crippen LogP contribution >= 0.6 is 0 Å². The third-order valence-electron chi connectivity index (χ3n) is 5.46. The zero-order valence-corrected chi connectivity index (χ0v) is 21.9. The maximum Gasteiger partial charge on any atom is 0.193 e. The van der Waals surface area contributed by atoms with Crippen LogP contribution in [0.5, 0.6) is 17.2 Å². The minimum atomic E-state index is -0.680. The molecule has 3 rings (SSSR count). The molecule has 0 saturated carbocycles. The van der Waals surface area contributed by atoms with Crippen molar-refractivity contribution >= 4 is 29.8 Å². The van der Waals surface area contributed by atoms with Crippen molar-refractivity contribution in [1.29, 1.82) is 0 Å². The van der Waals surface area contributed by atoms with E-state index in [9.17, 15) is 14.7 Å². The Bertz CT molecular complexity index is 1520. The molecule has 0 spiro atoms. The Morgan fingerprint density at radius 3 is 2.12 bits per heavy atom. The lowest BCUT2D eigenvalue weighted by Gasteiger charge is -2.09. The number of methoxy groups -OCH3 is 2. The zero-order valence-electron chi connectivity index (χ0n) is 21.9. The molecule has 0 heterocycles. The van der Waals surface area contributed by atoms with E-state index in [0.29, 0.717) is 28.4 Å². The summed E-state index contributed by atoms with van der Waals surface area (Å²) in [6.07, 6.45) is 8.31. The van der Waals surface area contributed by atoms with Gasteiger partial charge in [0.15, 0.2) is 29.8 Å². The van der Waals surface area contributed by atoms with Gasteiger partial charge in [0.25, 0.3) is 0 Å². The molecule has 0 bridgehead atoms. The van der Waals surface area contributed by atoms with Crippen LogP contribution < -0.4 is 14.2 Å². The Balaban J connectivity index is 1.95. The summed E-state index contributed by atoms with van der Waals surface area (Å²) in [5.41, 5.74) is 10.1. The molecule has 1 N–H and O–H groups in total. The molecule has 9 heteroatoms. The Morgan fingerprint density at radius 1 is 0.800 bits per heavy atom. The molecule has 0 saturated heterocycles. The summed E-state index contributed by atoms with van der Waals surface area (Å²) in [5, 5.41) is 14.2. The predicted molar refractivity (Wildman–Crippen MR) is 154 cm³/mol. The third-order valence-corrected chi connectivity index (χ3v) is 5.46. The first-order valence-electron chi connectivity index (χ1n) is 12.0. The van der Waals surface area contributed by atoms with Crippen LogP contribution in [0.1, 0.15) is 16.7 Å². The normalized spacial score (nSPS) is 11.8. The number of nitrogens with zero attached hydrogens (tertiary/aromatic N) is 3. The maximum atomic E-state index is 13.2. The van der Waals surface area contributed by atoms with E-state index in [4.69, 9.17) is 19.7 Å². The van der Waals surface area contributed by atoms with Crippen molar-refractivity contribution in [2.45, 2.75) is 0 Å². The number of azide groups is 1. The van der Waals surface area contributed by atoms with Crippen molar-refractivity contribution in [2.75, 3.05) is 21.0 Å². The van der Waals surface area contributed by atoms with Crippen LogP contribution in [0, 0.1) is 0 Å². The summed E-state index contributed by atoms with van der Waals surface area (Å²) in [6.45, 7) is -0.244. The molecule has 3 aromatic carbocycles. The summed E-state index contributed by atoms with van der Waals surface area (Å²) in [7, 11) is 3.00. The number of benzene rings is 3. The second-order valence-electron chi connectivity index (χ2n) is 8.09. The summed E-state index contributed by atoms with van der Waals surface area (Å²) in [6, 6.07) is 21.1. The van der Waals surface area contributed by atoms with E-state index in [1.54, 1.807) is 48.5 Å². The van der Waals surface area contributed by atoms with E-state index >= 15 is 0 Å². The highest BCUT2D eigenvalue weighted by Crippen LogP contribution is 2.29. The highest BCUT2D eigenvalue weighted by Gasteiger charge is 2.18. The number of ketones is 2. The summed E-state index contributed by atoms with van der Waals surface area (Å²) >= 11 is 0. The maximum absolute atomic E-state index is 13.2. The number of carbonyl (C=O) groups is 2. The monoisotopic (exact) mass is 537 g/mol. The molecular formula is C31H27N3O6. The predicted octanol–water partition coefficient (Wildman–Crippen LogP) is 6.74. The molecule has 40 heavy (non-hydrogen) atoms. The van der Waals surface area contributed by atoms with Gasteiger partial charge >= 0.3 is 0 Å². The van der Waals surface area contributed by atoms with Crippen molar-refractivity contribution in [3.8, 4) is 17.2 Å². The van der Waals surface area contributed by atoms with Crippen LogP contribution in [0.4, 0.5) is 0 Å². The highest BCUT2D eigenvalue weighted by molar-refractivity contribution is 6.29. The molecule has 0 aliphatic rings. The summed E-state index contributed by atoms with van der Waals surface area (Å²) in [5.74, 6) is -0.541. The van der Waals surface area contributed by atoms with Gasteiger partial charge in [0.05, 0.1) is 14.2 Å². The molecular weight excluding hydrogens is 510 g/mol. The summed E-state index contributed by atoms with van der Waals surface area (Å²) < 4.78 is 15.9. The van der Waals surface area contributed by atoms with Crippen molar-refractivity contribution in [2.24, 2.45) is 5.11 Å². The quantitative estimate of drug-likeness (QED) is 0.0375. The van der Waals surface area contributed by atoms with Crippen LogP contribution in [0.2, 0.25) is 0 Å². The highest BCUT2D eigenvalue weighted by atomic mass is 16.5. The van der Waals surface area contributed by atoms with Crippen LogP contribution in [0.15, 0.2) is 107 Å². The summed E-state index contributed by atoms with van der Waals surface area (Å²) in [4.78, 5) is 28.9. The average molecular weight is 538 g/mol. The molecule has 3 aromatic rings. The van der Waals surface area contributed by atoms with Gasteiger partial charge in [0.2, 0.25) is 0 Å². The fourth-order valence-electron chi connectivity index (χ4n) is 3.49. The lowest BCUT2D eigenvalue weighted by atomic mass is 10.0. The van der Waals surface area contributed by atoms with Gasteiger partial charge < -0.3 is 19.3 Å². The van der Waals surface area contributed by atoms with Crippen LogP contribution in [-0.4, -0.2) is 37.6 Å². The van der Waals surface area contributed by atoms with E-state index in [2.05, 4.69) is 10.0 Å². The minimum Gasteiger partial charge on any atom is -0.507 e. The first-order chi connectivity index (χ1) is 19.4. The molecule has 0 radical (unpaired) electrons. The molecule has 0 aliphatic heterocycles. The van der Waals surface area contributed by atoms with E-state index in [-0.39, 0.29) is 6.73 Å². The topological polar surface area (TPSA) is 131 Å². The molecule has 0 aromatic heterocycles. The fraction of sp³-hybridized carbons (Fsp3) is 0.0968. The second-order valence-corrected chi connectivity index (χ2v) is 8.09. The van der Waals surface area contributed by atoms with Gasteiger partial charge in [-0.05, 0) is 64.7 Å². The Labute approximate surface area is 231 Å². The zero-order chi connectivity index (χ0) is 28.7. The van der Waals surface area contributed by atoms with Gasteiger partial charge in [-0.2, -0.15) is 0 Å². The number of carbonyl (C=O) groups excluding carboxylic acids is 2. The van der Waals surface area contributed by atoms with E-state index in [1.165, 1.54) is 44.6 Å². The number of aliphatic hydroxyl groups is 1. The molecule has 0 aliphatic carbocycles. The minimum absolute atomic E-state index is 0.244. The SMILES string of the molecule is COc1cccc(/C=C/C(=O)/C(C(=O)/C=C/c2ccccc2)=C(O)\C=C\c2ccc(OC)c(OCN=[N+]=[N-])c2)c1. The van der Waals surface area contributed by atoms with Gasteiger partial charge in [-0.15, -0.1) is 0 Å². The second kappa shape index (κ2) is 15.0. The number of rotatable bonds is 13. The average Bonchev–Trinajstić information content (AvgIpc) is 2.99. The van der Waals surface area contributed by atoms with Crippen molar-refractivity contribution < 1.29 is 28.9 Å². The molecule has 0 fully saturated rings. The molecule has 202 valence electrons. The van der Waals surface area contributed by atoms with Crippen molar-refractivity contribution in [3.05, 3.63) is 129 Å². The standard InChI is InChI=1S/C31H27N3O6/c1-38-25-10-6-9-23(19-25)12-16-27(36)31(26(35)15-11-22-7-4-3-5-8-22)28(37)17-13-24-14-18-29(39-2)30(20-24)40-21-33-34-32/h3-20,37H,21H2,1-2H3/b15-11+,16-12+,17-13+,31-28+. The number of aliphatic hydroxyl groups excluding tert-OH is 1. The largest absolute Gasteiger partial charge is 0.507 e. The van der Waals surface area contributed by atoms with E-state index in [1.807, 2.05) is 30.3 Å². The van der Waals surface area contributed by atoms with Gasteiger partial charge in [-0.25, -0.2) is 0 Å². The Hall–Kier alpha value is -5.53. The third kappa shape index (κ3) is 8.51. The number of hydrogen-bond donors (Lipinski definition) is 1. The fourth-order valence-corrected chi connectivity index (χ4v) is 3.49. The molecule has 0 amide bonds. The van der Waals surface area contributed by atoms with Gasteiger partial charge in [-0.1, -0.05) is 71.9 Å². The van der Waals surface area contributed by atoms with Crippen LogP contribution in [0.3, 0.4) is 0 Å². The van der Waals surface area contributed by atoms with Crippen LogP contribution in [-0.2, 0) is 9.59 Å². The number of ether oxygens (including phenoxy) is 3. The first-order valence-corrected chi connectivity index (χ1v) is 12.0. The number of hydrogen-bond acceptors (Lipinski definition) is 7. The van der Waals surface area contributed by atoms with Gasteiger partial charge in [-0.3, -0.25) is 9.59 Å². The first kappa shape index (κ1) is 29.0. The molecule has 9 nitrogen and oxygen atoms in total. The smallest absolute Gasteiger partial charge is 0.193 e.